The van der Waals surface area contributed by atoms with Crippen molar-refractivity contribution in [3.05, 3.63) is 40.2 Å². The minimum absolute atomic E-state index is 0.217. The second-order valence-electron chi connectivity index (χ2n) is 6.30. The molecule has 1 saturated heterocycles. The highest BCUT2D eigenvalue weighted by molar-refractivity contribution is 9.11. The number of carbonyl (C=O) groups is 1. The summed E-state index contributed by atoms with van der Waals surface area (Å²) in [6, 6.07) is 8.05. The number of nitrogens with one attached hydrogen (secondary N) is 1. The molecule has 0 radical (unpaired) electrons. The summed E-state index contributed by atoms with van der Waals surface area (Å²) in [4.78, 5) is 12.4. The van der Waals surface area contributed by atoms with E-state index in [0.29, 0.717) is 18.5 Å². The Bertz CT molecular complexity index is 969. The lowest BCUT2D eigenvalue weighted by atomic mass is 9.97. The average Bonchev–Trinajstić information content (AvgIpc) is 3.09. The molecule has 0 saturated carbocycles. The van der Waals surface area contributed by atoms with Crippen LogP contribution in [0.4, 0.5) is 18.9 Å². The first kappa shape index (κ1) is 22.1. The van der Waals surface area contributed by atoms with Gasteiger partial charge in [-0.1, -0.05) is 0 Å². The number of benzene rings is 1. The maximum atomic E-state index is 12.6. The molecule has 0 unspecified atom stereocenters. The van der Waals surface area contributed by atoms with Crippen LogP contribution in [0.15, 0.2) is 44.4 Å². The molecule has 158 valence electrons. The summed E-state index contributed by atoms with van der Waals surface area (Å²) < 4.78 is 67.9. The molecule has 3 rings (SSSR count). The number of ether oxygens (including phenoxy) is 1. The summed E-state index contributed by atoms with van der Waals surface area (Å²) in [5.74, 6) is -1.07. The maximum Gasteiger partial charge on any atom is 0.573 e. The van der Waals surface area contributed by atoms with Crippen LogP contribution >= 0.6 is 27.3 Å². The first-order chi connectivity index (χ1) is 13.5. The summed E-state index contributed by atoms with van der Waals surface area (Å²) in [6.45, 7) is 0.433. The molecular weight excluding hydrogens is 497 g/mol. The van der Waals surface area contributed by atoms with Crippen LogP contribution in [0, 0.1) is 5.92 Å². The number of amides is 1. The van der Waals surface area contributed by atoms with Crippen molar-refractivity contribution < 1.29 is 31.1 Å². The topological polar surface area (TPSA) is 75.7 Å². The van der Waals surface area contributed by atoms with Crippen LogP contribution in [-0.2, 0) is 14.8 Å². The van der Waals surface area contributed by atoms with E-state index in [1.54, 1.807) is 6.07 Å². The molecule has 29 heavy (non-hydrogen) atoms. The van der Waals surface area contributed by atoms with Crippen molar-refractivity contribution in [2.75, 3.05) is 18.4 Å². The minimum Gasteiger partial charge on any atom is -0.406 e. The summed E-state index contributed by atoms with van der Waals surface area (Å²) in [5.41, 5.74) is 0.336. The maximum absolute atomic E-state index is 12.6. The smallest absolute Gasteiger partial charge is 0.406 e. The second-order valence-corrected chi connectivity index (χ2v) is 10.9. The first-order valence-corrected chi connectivity index (χ1v) is 11.5. The summed E-state index contributed by atoms with van der Waals surface area (Å²) in [7, 11) is -3.58. The highest BCUT2D eigenvalue weighted by Gasteiger charge is 2.33. The van der Waals surface area contributed by atoms with Gasteiger partial charge in [0.2, 0.25) is 5.91 Å². The van der Waals surface area contributed by atoms with Crippen LogP contribution in [0.5, 0.6) is 5.75 Å². The number of thiophene rings is 1. The van der Waals surface area contributed by atoms with E-state index in [0.717, 1.165) is 27.3 Å². The van der Waals surface area contributed by atoms with Gasteiger partial charge in [0.25, 0.3) is 10.0 Å². The number of anilines is 1. The van der Waals surface area contributed by atoms with Gasteiger partial charge in [0.05, 0.1) is 3.79 Å². The van der Waals surface area contributed by atoms with Gasteiger partial charge in [0, 0.05) is 24.7 Å². The lowest BCUT2D eigenvalue weighted by molar-refractivity contribution is -0.274. The van der Waals surface area contributed by atoms with Crippen LogP contribution in [0.25, 0.3) is 0 Å². The molecule has 1 N–H and O–H groups in total. The van der Waals surface area contributed by atoms with Crippen molar-refractivity contribution >= 4 is 48.9 Å². The third kappa shape index (κ3) is 5.71. The molecule has 1 fully saturated rings. The monoisotopic (exact) mass is 512 g/mol. The molecule has 12 heteroatoms. The molecule has 2 heterocycles. The Kier molecular flexibility index (Phi) is 6.56. The largest absolute Gasteiger partial charge is 0.573 e. The fraction of sp³-hybridized carbons (Fsp3) is 0.353. The molecule has 0 spiro atoms. The zero-order valence-corrected chi connectivity index (χ0v) is 18.0. The van der Waals surface area contributed by atoms with Crippen LogP contribution in [0.1, 0.15) is 12.8 Å². The van der Waals surface area contributed by atoms with E-state index in [9.17, 15) is 26.4 Å². The van der Waals surface area contributed by atoms with Crippen molar-refractivity contribution in [2.24, 2.45) is 5.92 Å². The predicted molar refractivity (Wildman–Crippen MR) is 105 cm³/mol. The summed E-state index contributed by atoms with van der Waals surface area (Å²) >= 11 is 4.38. The number of halogens is 4. The number of carbonyl (C=O) groups excluding carboxylic acids is 1. The van der Waals surface area contributed by atoms with E-state index in [2.05, 4.69) is 26.0 Å². The van der Waals surface area contributed by atoms with E-state index in [1.807, 2.05) is 0 Å². The van der Waals surface area contributed by atoms with Crippen molar-refractivity contribution in [3.63, 3.8) is 0 Å². The second kappa shape index (κ2) is 8.62. The van der Waals surface area contributed by atoms with Crippen LogP contribution in [-0.4, -0.2) is 38.1 Å². The Labute approximate surface area is 177 Å². The highest BCUT2D eigenvalue weighted by atomic mass is 79.9. The third-order valence-corrected chi connectivity index (χ3v) is 8.31. The number of alkyl halides is 3. The van der Waals surface area contributed by atoms with Crippen LogP contribution in [0.2, 0.25) is 0 Å². The minimum atomic E-state index is -4.78. The normalized spacial score (nSPS) is 16.6. The Balaban J connectivity index is 1.55. The Morgan fingerprint density at radius 3 is 2.28 bits per heavy atom. The van der Waals surface area contributed by atoms with Gasteiger partial charge in [-0.2, -0.15) is 4.31 Å². The highest BCUT2D eigenvalue weighted by Crippen LogP contribution is 2.31. The predicted octanol–water partition coefficient (Wildman–Crippen LogP) is 4.45. The molecule has 0 bridgehead atoms. The Morgan fingerprint density at radius 1 is 1.14 bits per heavy atom. The van der Waals surface area contributed by atoms with Crippen molar-refractivity contribution in [3.8, 4) is 5.75 Å². The van der Waals surface area contributed by atoms with Gasteiger partial charge in [-0.15, -0.1) is 24.5 Å². The molecule has 1 amide bonds. The van der Waals surface area contributed by atoms with E-state index in [4.69, 9.17) is 0 Å². The Hall–Kier alpha value is -1.63. The Morgan fingerprint density at radius 2 is 1.76 bits per heavy atom. The van der Waals surface area contributed by atoms with Gasteiger partial charge >= 0.3 is 6.36 Å². The molecule has 6 nitrogen and oxygen atoms in total. The zero-order valence-electron chi connectivity index (χ0n) is 14.8. The number of sulfonamides is 1. The van der Waals surface area contributed by atoms with Gasteiger partial charge in [0.1, 0.15) is 9.96 Å². The summed E-state index contributed by atoms with van der Waals surface area (Å²) in [6.07, 6.45) is -4.07. The van der Waals surface area contributed by atoms with Gasteiger partial charge in [-0.05, 0) is 65.2 Å². The van der Waals surface area contributed by atoms with E-state index >= 15 is 0 Å². The SMILES string of the molecule is O=C(Nc1ccc(OC(F)(F)F)cc1)C1CCN(S(=O)(=O)c2ccc(Br)s2)CC1. The lowest BCUT2D eigenvalue weighted by Crippen LogP contribution is -2.41. The molecule has 1 aromatic heterocycles. The summed E-state index contributed by atoms with van der Waals surface area (Å²) in [5, 5.41) is 2.64. The fourth-order valence-corrected chi connectivity index (χ4v) is 6.54. The van der Waals surface area contributed by atoms with E-state index < -0.39 is 16.4 Å². The number of rotatable bonds is 5. The van der Waals surface area contributed by atoms with Gasteiger partial charge < -0.3 is 10.1 Å². The lowest BCUT2D eigenvalue weighted by Gasteiger charge is -2.30. The van der Waals surface area contributed by atoms with Crippen molar-refractivity contribution in [1.82, 2.24) is 4.31 Å². The fourth-order valence-electron chi connectivity index (χ4n) is 2.91. The molecule has 1 aliphatic heterocycles. The van der Waals surface area contributed by atoms with Gasteiger partial charge in [0.15, 0.2) is 0 Å². The number of hydrogen-bond donors (Lipinski definition) is 1. The van der Waals surface area contributed by atoms with E-state index in [1.165, 1.54) is 22.5 Å². The quantitative estimate of drug-likeness (QED) is 0.642. The first-order valence-electron chi connectivity index (χ1n) is 8.47. The number of nitrogens with zero attached hydrogens (tertiary/aromatic N) is 1. The van der Waals surface area contributed by atoms with Gasteiger partial charge in [-0.3, -0.25) is 4.79 Å². The molecule has 1 aliphatic rings. The van der Waals surface area contributed by atoms with Crippen molar-refractivity contribution in [1.29, 1.82) is 0 Å². The average molecular weight is 513 g/mol. The molecule has 1 aromatic carbocycles. The molecule has 0 atom stereocenters. The van der Waals surface area contributed by atoms with Crippen molar-refractivity contribution in [2.45, 2.75) is 23.4 Å². The number of piperidine rings is 1. The van der Waals surface area contributed by atoms with Gasteiger partial charge in [-0.25, -0.2) is 8.42 Å². The number of hydrogen-bond acceptors (Lipinski definition) is 5. The standard InChI is InChI=1S/C17H16BrF3N2O4S2/c18-14-5-6-15(28-14)29(25,26)23-9-7-11(8-10-23)16(24)22-12-1-3-13(4-2-12)27-17(19,20)21/h1-6,11H,7-10H2,(H,22,24). The van der Waals surface area contributed by atoms with Crippen LogP contribution < -0.4 is 10.1 Å². The van der Waals surface area contributed by atoms with Crippen LogP contribution in [0.3, 0.4) is 0 Å². The molecular formula is C17H16BrF3N2O4S2. The van der Waals surface area contributed by atoms with E-state index in [-0.39, 0.29) is 34.9 Å². The third-order valence-electron chi connectivity index (χ3n) is 4.32. The zero-order chi connectivity index (χ0) is 21.2. The molecule has 0 aliphatic carbocycles. The molecule has 2 aromatic rings.